The van der Waals surface area contributed by atoms with Crippen molar-refractivity contribution in [2.75, 3.05) is 13.6 Å². The minimum Gasteiger partial charge on any atom is -0.463 e. The zero-order valence-corrected chi connectivity index (χ0v) is 14.2. The molecule has 0 atom stereocenters. The van der Waals surface area contributed by atoms with E-state index < -0.39 is 0 Å². The van der Waals surface area contributed by atoms with Gasteiger partial charge in [-0.15, -0.1) is 0 Å². The molecule has 120 valence electrons. The van der Waals surface area contributed by atoms with Crippen molar-refractivity contribution in [3.05, 3.63) is 23.7 Å². The van der Waals surface area contributed by atoms with E-state index >= 15 is 0 Å². The summed E-state index contributed by atoms with van der Waals surface area (Å²) in [6.07, 6.45) is 7.08. The van der Waals surface area contributed by atoms with Crippen LogP contribution >= 0.6 is 0 Å². The maximum atomic E-state index is 5.93. The largest absolute Gasteiger partial charge is 0.463 e. The Morgan fingerprint density at radius 2 is 1.81 bits per heavy atom. The zero-order chi connectivity index (χ0) is 15.3. The summed E-state index contributed by atoms with van der Waals surface area (Å²) in [5, 5.41) is 3.46. The molecule has 1 aromatic rings. The number of hydrogen-bond acceptors (Lipinski definition) is 3. The van der Waals surface area contributed by atoms with Crippen LogP contribution in [-0.2, 0) is 13.1 Å². The van der Waals surface area contributed by atoms with Gasteiger partial charge in [-0.3, -0.25) is 4.90 Å². The average Bonchev–Trinajstić information content (AvgIpc) is 2.84. The van der Waals surface area contributed by atoms with Crippen molar-refractivity contribution in [2.45, 2.75) is 71.5 Å². The zero-order valence-electron chi connectivity index (χ0n) is 14.2. The van der Waals surface area contributed by atoms with Gasteiger partial charge >= 0.3 is 0 Å². The molecule has 2 rings (SSSR count). The molecule has 0 unspecified atom stereocenters. The van der Waals surface area contributed by atoms with Gasteiger partial charge in [-0.2, -0.15) is 0 Å². The maximum Gasteiger partial charge on any atom is 0.118 e. The lowest BCUT2D eigenvalue weighted by molar-refractivity contribution is 0.214. The molecule has 0 saturated heterocycles. The maximum absolute atomic E-state index is 5.93. The highest BCUT2D eigenvalue weighted by Crippen LogP contribution is 2.24. The molecule has 1 aliphatic carbocycles. The Labute approximate surface area is 130 Å². The summed E-state index contributed by atoms with van der Waals surface area (Å²) in [6, 6.07) is 4.22. The van der Waals surface area contributed by atoms with Crippen LogP contribution in [0.5, 0.6) is 0 Å². The molecular formula is C18H32N2O. The van der Waals surface area contributed by atoms with Gasteiger partial charge in [-0.05, 0) is 58.7 Å². The predicted molar refractivity (Wildman–Crippen MR) is 88.2 cm³/mol. The highest BCUT2D eigenvalue weighted by Gasteiger charge is 2.16. The van der Waals surface area contributed by atoms with Gasteiger partial charge < -0.3 is 9.73 Å². The Bertz CT molecular complexity index is 413. The topological polar surface area (TPSA) is 28.4 Å². The van der Waals surface area contributed by atoms with Gasteiger partial charge in [0.25, 0.3) is 0 Å². The fraction of sp³-hybridized carbons (Fsp3) is 0.778. The second kappa shape index (κ2) is 7.46. The Kier molecular flexibility index (Phi) is 5.88. The van der Waals surface area contributed by atoms with E-state index in [9.17, 15) is 0 Å². The molecule has 0 spiro atoms. The lowest BCUT2D eigenvalue weighted by Gasteiger charge is -2.26. The molecule has 1 fully saturated rings. The van der Waals surface area contributed by atoms with Gasteiger partial charge in [0.05, 0.1) is 13.1 Å². The van der Waals surface area contributed by atoms with Crippen LogP contribution < -0.4 is 5.32 Å². The van der Waals surface area contributed by atoms with Crippen molar-refractivity contribution in [3.8, 4) is 0 Å². The number of furan rings is 1. The number of rotatable bonds is 6. The lowest BCUT2D eigenvalue weighted by atomic mass is 9.89. The Morgan fingerprint density at radius 3 is 2.48 bits per heavy atom. The molecule has 0 aromatic carbocycles. The molecule has 1 heterocycles. The monoisotopic (exact) mass is 292 g/mol. The first-order valence-electron chi connectivity index (χ1n) is 8.43. The molecule has 0 amide bonds. The highest BCUT2D eigenvalue weighted by molar-refractivity contribution is 5.07. The summed E-state index contributed by atoms with van der Waals surface area (Å²) in [4.78, 5) is 2.41. The molecule has 1 N–H and O–H groups in total. The Balaban J connectivity index is 1.75. The molecule has 1 aliphatic rings. The van der Waals surface area contributed by atoms with Crippen LogP contribution in [0.25, 0.3) is 0 Å². The van der Waals surface area contributed by atoms with E-state index in [1.165, 1.54) is 38.6 Å². The minimum atomic E-state index is 0.130. The van der Waals surface area contributed by atoms with E-state index in [-0.39, 0.29) is 5.54 Å². The number of nitrogens with one attached hydrogen (secondary N) is 1. The van der Waals surface area contributed by atoms with Gasteiger partial charge in [-0.1, -0.05) is 19.3 Å². The van der Waals surface area contributed by atoms with Crippen molar-refractivity contribution < 1.29 is 4.42 Å². The molecule has 0 bridgehead atoms. The molecule has 3 nitrogen and oxygen atoms in total. The van der Waals surface area contributed by atoms with Gasteiger partial charge in [0, 0.05) is 12.1 Å². The van der Waals surface area contributed by atoms with Crippen LogP contribution in [0.4, 0.5) is 0 Å². The van der Waals surface area contributed by atoms with Crippen LogP contribution in [0.1, 0.15) is 64.4 Å². The second-order valence-electron chi connectivity index (χ2n) is 7.67. The lowest BCUT2D eigenvalue weighted by Crippen LogP contribution is -2.34. The van der Waals surface area contributed by atoms with E-state index in [0.29, 0.717) is 0 Å². The average molecular weight is 292 g/mol. The normalized spacial score (nSPS) is 17.6. The molecule has 21 heavy (non-hydrogen) atoms. The fourth-order valence-corrected chi connectivity index (χ4v) is 3.10. The summed E-state index contributed by atoms with van der Waals surface area (Å²) in [6.45, 7) is 9.45. The standard InChI is InChI=1S/C18H32N2O/c1-18(2,3)19-12-16-10-11-17(21-16)14-20(4)13-15-8-6-5-7-9-15/h10-11,15,19H,5-9,12-14H2,1-4H3. The third kappa shape index (κ3) is 6.23. The fourth-order valence-electron chi connectivity index (χ4n) is 3.10. The smallest absolute Gasteiger partial charge is 0.118 e. The number of nitrogens with zero attached hydrogens (tertiary/aromatic N) is 1. The number of hydrogen-bond donors (Lipinski definition) is 1. The first-order chi connectivity index (χ1) is 9.92. The van der Waals surface area contributed by atoms with Crippen LogP contribution in [0.3, 0.4) is 0 Å². The van der Waals surface area contributed by atoms with Crippen LogP contribution in [0, 0.1) is 5.92 Å². The Hall–Kier alpha value is -0.800. The highest BCUT2D eigenvalue weighted by atomic mass is 16.3. The Morgan fingerprint density at radius 1 is 1.14 bits per heavy atom. The summed E-state index contributed by atoms with van der Waals surface area (Å²) >= 11 is 0. The third-order valence-corrected chi connectivity index (χ3v) is 4.23. The van der Waals surface area contributed by atoms with Crippen LogP contribution in [0.15, 0.2) is 16.5 Å². The van der Waals surface area contributed by atoms with E-state index in [0.717, 1.165) is 30.5 Å². The molecule has 1 aromatic heterocycles. The van der Waals surface area contributed by atoms with Crippen LogP contribution in [0.2, 0.25) is 0 Å². The first-order valence-corrected chi connectivity index (χ1v) is 8.43. The molecule has 1 saturated carbocycles. The van der Waals surface area contributed by atoms with E-state index in [2.05, 4.69) is 50.2 Å². The van der Waals surface area contributed by atoms with E-state index in [4.69, 9.17) is 4.42 Å². The van der Waals surface area contributed by atoms with Crippen molar-refractivity contribution in [1.29, 1.82) is 0 Å². The van der Waals surface area contributed by atoms with Gasteiger partial charge in [0.15, 0.2) is 0 Å². The molecule has 0 radical (unpaired) electrons. The quantitative estimate of drug-likeness (QED) is 0.852. The summed E-state index contributed by atoms with van der Waals surface area (Å²) in [5.41, 5.74) is 0.130. The van der Waals surface area contributed by atoms with Crippen molar-refractivity contribution in [2.24, 2.45) is 5.92 Å². The van der Waals surface area contributed by atoms with Crippen molar-refractivity contribution in [3.63, 3.8) is 0 Å². The molecule has 0 aliphatic heterocycles. The summed E-state index contributed by atoms with van der Waals surface area (Å²) in [7, 11) is 2.21. The summed E-state index contributed by atoms with van der Waals surface area (Å²) < 4.78 is 5.93. The van der Waals surface area contributed by atoms with Crippen molar-refractivity contribution in [1.82, 2.24) is 10.2 Å². The first kappa shape index (κ1) is 16.6. The molecular weight excluding hydrogens is 260 g/mol. The van der Waals surface area contributed by atoms with Gasteiger partial charge in [0.2, 0.25) is 0 Å². The third-order valence-electron chi connectivity index (χ3n) is 4.23. The molecule has 3 heteroatoms. The van der Waals surface area contributed by atoms with E-state index in [1.54, 1.807) is 0 Å². The van der Waals surface area contributed by atoms with Gasteiger partial charge in [0.1, 0.15) is 11.5 Å². The van der Waals surface area contributed by atoms with Crippen molar-refractivity contribution >= 4 is 0 Å². The van der Waals surface area contributed by atoms with Crippen LogP contribution in [-0.4, -0.2) is 24.0 Å². The summed E-state index contributed by atoms with van der Waals surface area (Å²) in [5.74, 6) is 3.01. The SMILES string of the molecule is CN(Cc1ccc(CNC(C)(C)C)o1)CC1CCCCC1. The minimum absolute atomic E-state index is 0.130. The van der Waals surface area contributed by atoms with Gasteiger partial charge in [-0.25, -0.2) is 0 Å². The predicted octanol–water partition coefficient (Wildman–Crippen LogP) is 4.18. The second-order valence-corrected chi connectivity index (χ2v) is 7.67. The van der Waals surface area contributed by atoms with E-state index in [1.807, 2.05) is 0 Å².